The minimum Gasteiger partial charge on any atom is -0.313 e. The van der Waals surface area contributed by atoms with Crippen LogP contribution in [0.3, 0.4) is 0 Å². The normalized spacial score (nSPS) is 11.8. The second-order valence-corrected chi connectivity index (χ2v) is 7.57. The number of hydrogen-bond acceptors (Lipinski definition) is 2. The Balaban J connectivity index is 0.00000169. The number of hydrogen-bond donors (Lipinski definition) is 0. The van der Waals surface area contributed by atoms with Gasteiger partial charge in [0.2, 0.25) is 5.78 Å². The van der Waals surface area contributed by atoms with Crippen LogP contribution in [0, 0.1) is 0 Å². The maximum Gasteiger partial charge on any atom is 0.215 e. The molecular weight excluding hydrogens is 367 g/mol. The van der Waals surface area contributed by atoms with E-state index in [-0.39, 0.29) is 30.2 Å². The van der Waals surface area contributed by atoms with Gasteiger partial charge in [-0.25, -0.2) is 4.98 Å². The average Bonchev–Trinajstić information content (AvgIpc) is 3.08. The predicted octanol–water partition coefficient (Wildman–Crippen LogP) is 5.16. The maximum absolute atomic E-state index is 4.90. The van der Waals surface area contributed by atoms with Crippen molar-refractivity contribution in [3.8, 4) is 0 Å². The Kier molecular flexibility index (Phi) is 8.00. The molecule has 6 heteroatoms. The molecule has 0 N–H and O–H groups in total. The molecule has 0 unspecified atom stereocenters. The minimum absolute atomic E-state index is 0. The monoisotopic (exact) mass is 398 g/mol. The van der Waals surface area contributed by atoms with Crippen LogP contribution in [0.15, 0.2) is 30.5 Å². The number of aromatic nitrogens is 3. The van der Waals surface area contributed by atoms with Gasteiger partial charge in [0.15, 0.2) is 0 Å². The van der Waals surface area contributed by atoms with E-state index in [1.807, 2.05) is 0 Å². The highest BCUT2D eigenvalue weighted by atomic mass is 35.5. The first-order chi connectivity index (χ1) is 11.5. The lowest BCUT2D eigenvalue weighted by Gasteiger charge is -2.22. The second kappa shape index (κ2) is 9.12. The van der Waals surface area contributed by atoms with Gasteiger partial charge in [0.05, 0.1) is 11.0 Å². The van der Waals surface area contributed by atoms with Gasteiger partial charge in [-0.05, 0) is 38.2 Å². The summed E-state index contributed by atoms with van der Waals surface area (Å²) >= 11 is 0. The first-order valence-electron chi connectivity index (χ1n) is 9.14. The molecule has 146 valence electrons. The topological polar surface area (TPSA) is 25.5 Å². The fraction of sp³-hybridized carbons (Fsp3) is 0.550. The average molecular weight is 399 g/mol. The predicted molar refractivity (Wildman–Crippen MR) is 116 cm³/mol. The van der Waals surface area contributed by atoms with E-state index in [0.29, 0.717) is 0 Å². The lowest BCUT2D eigenvalue weighted by atomic mass is 9.92. The molecule has 2 aromatic heterocycles. The van der Waals surface area contributed by atoms with Crippen molar-refractivity contribution in [1.82, 2.24) is 18.9 Å². The summed E-state index contributed by atoms with van der Waals surface area (Å²) in [6.45, 7) is 15.7. The summed E-state index contributed by atoms with van der Waals surface area (Å²) in [6.07, 6.45) is 3.43. The van der Waals surface area contributed by atoms with E-state index in [0.717, 1.165) is 43.9 Å². The summed E-state index contributed by atoms with van der Waals surface area (Å²) in [7, 11) is 0. The molecule has 0 aliphatic carbocycles. The third kappa shape index (κ3) is 4.36. The van der Waals surface area contributed by atoms with Crippen molar-refractivity contribution >= 4 is 41.6 Å². The number of imidazole rings is 2. The molecule has 0 saturated carbocycles. The van der Waals surface area contributed by atoms with Crippen LogP contribution >= 0.6 is 24.8 Å². The Morgan fingerprint density at radius 2 is 1.69 bits per heavy atom. The Morgan fingerprint density at radius 3 is 2.31 bits per heavy atom. The van der Waals surface area contributed by atoms with E-state index < -0.39 is 0 Å². The summed E-state index contributed by atoms with van der Waals surface area (Å²) in [5.74, 6) is 1.07. The van der Waals surface area contributed by atoms with Gasteiger partial charge in [-0.15, -0.1) is 24.8 Å². The highest BCUT2D eigenvalue weighted by Gasteiger charge is 2.23. The molecule has 1 aromatic carbocycles. The Bertz CT molecular complexity index is 825. The molecule has 3 aromatic rings. The summed E-state index contributed by atoms with van der Waals surface area (Å²) in [5, 5.41) is 0. The highest BCUT2D eigenvalue weighted by molar-refractivity contribution is 5.85. The number of halogens is 2. The largest absolute Gasteiger partial charge is 0.313 e. The molecule has 0 aliphatic rings. The minimum atomic E-state index is 0. The van der Waals surface area contributed by atoms with Gasteiger partial charge >= 0.3 is 0 Å². The van der Waals surface area contributed by atoms with Gasteiger partial charge in [-0.2, -0.15) is 0 Å². The van der Waals surface area contributed by atoms with E-state index in [2.05, 4.69) is 78.9 Å². The number of nitrogens with zero attached hydrogens (tertiary/aromatic N) is 4. The molecule has 3 rings (SSSR count). The zero-order valence-corrected chi connectivity index (χ0v) is 18.2. The Morgan fingerprint density at radius 1 is 1.04 bits per heavy atom. The number of para-hydroxylation sites is 2. The van der Waals surface area contributed by atoms with Crippen LogP contribution in [0.2, 0.25) is 0 Å². The first kappa shape index (κ1) is 22.8. The Labute approximate surface area is 169 Å². The van der Waals surface area contributed by atoms with Crippen molar-refractivity contribution in [2.75, 3.05) is 19.6 Å². The quantitative estimate of drug-likeness (QED) is 0.572. The third-order valence-electron chi connectivity index (χ3n) is 4.88. The molecule has 0 amide bonds. The molecule has 0 aliphatic heterocycles. The fourth-order valence-corrected chi connectivity index (χ4v) is 3.46. The van der Waals surface area contributed by atoms with Crippen LogP contribution in [0.5, 0.6) is 0 Å². The zero-order valence-electron chi connectivity index (χ0n) is 16.5. The van der Waals surface area contributed by atoms with Gasteiger partial charge in [0.1, 0.15) is 0 Å². The van der Waals surface area contributed by atoms with Crippen molar-refractivity contribution in [2.24, 2.45) is 0 Å². The molecule has 4 nitrogen and oxygen atoms in total. The molecule has 0 atom stereocenters. The van der Waals surface area contributed by atoms with Gasteiger partial charge in [0.25, 0.3) is 0 Å². The second-order valence-electron chi connectivity index (χ2n) is 7.57. The van der Waals surface area contributed by atoms with Crippen LogP contribution in [0.25, 0.3) is 16.8 Å². The van der Waals surface area contributed by atoms with E-state index in [1.165, 1.54) is 11.2 Å². The lowest BCUT2D eigenvalue weighted by molar-refractivity contribution is 0.292. The Hall–Kier alpha value is -1.23. The van der Waals surface area contributed by atoms with E-state index in [4.69, 9.17) is 4.98 Å². The smallest absolute Gasteiger partial charge is 0.215 e. The van der Waals surface area contributed by atoms with Crippen LogP contribution < -0.4 is 0 Å². The molecule has 0 radical (unpaired) electrons. The molecule has 26 heavy (non-hydrogen) atoms. The number of rotatable bonds is 6. The molecular formula is C20H32Cl2N4. The standard InChI is InChI=1S/C20H30N4.2ClH/c1-6-22(7-2)13-10-14-23-18(20(3,4)5)15-24-17-12-9-8-11-16(17)21-19(23)24;;/h8-9,11-12,15H,6-7,10,13-14H2,1-5H3;2*1H. The van der Waals surface area contributed by atoms with Gasteiger partial charge in [-0.1, -0.05) is 46.8 Å². The first-order valence-corrected chi connectivity index (χ1v) is 9.14. The van der Waals surface area contributed by atoms with Crippen LogP contribution in [0.1, 0.15) is 46.7 Å². The molecule has 0 saturated heterocycles. The number of aryl methyl sites for hydroxylation is 1. The van der Waals surface area contributed by atoms with Crippen molar-refractivity contribution in [1.29, 1.82) is 0 Å². The summed E-state index contributed by atoms with van der Waals surface area (Å²) in [4.78, 5) is 7.39. The summed E-state index contributed by atoms with van der Waals surface area (Å²) in [6, 6.07) is 8.40. The van der Waals surface area contributed by atoms with Crippen molar-refractivity contribution in [3.63, 3.8) is 0 Å². The molecule has 0 spiro atoms. The van der Waals surface area contributed by atoms with Gasteiger partial charge in [0, 0.05) is 23.9 Å². The van der Waals surface area contributed by atoms with E-state index in [9.17, 15) is 0 Å². The van der Waals surface area contributed by atoms with Crippen LogP contribution in [-0.4, -0.2) is 38.5 Å². The third-order valence-corrected chi connectivity index (χ3v) is 4.88. The lowest BCUT2D eigenvalue weighted by Crippen LogP contribution is -2.25. The van der Waals surface area contributed by atoms with E-state index >= 15 is 0 Å². The van der Waals surface area contributed by atoms with Crippen LogP contribution in [-0.2, 0) is 12.0 Å². The number of benzene rings is 1. The van der Waals surface area contributed by atoms with Crippen LogP contribution in [0.4, 0.5) is 0 Å². The SMILES string of the molecule is CCN(CC)CCCn1c(C(C)(C)C)cn2c3ccccc3nc12.Cl.Cl. The number of fused-ring (bicyclic) bond motifs is 3. The molecule has 0 bridgehead atoms. The molecule has 2 heterocycles. The van der Waals surface area contributed by atoms with Gasteiger partial charge < -0.3 is 9.47 Å². The maximum atomic E-state index is 4.90. The zero-order chi connectivity index (χ0) is 17.3. The fourth-order valence-electron chi connectivity index (χ4n) is 3.46. The van der Waals surface area contributed by atoms with Gasteiger partial charge in [-0.3, -0.25) is 4.40 Å². The highest BCUT2D eigenvalue weighted by Crippen LogP contribution is 2.28. The summed E-state index contributed by atoms with van der Waals surface area (Å²) < 4.78 is 4.68. The van der Waals surface area contributed by atoms with Crippen molar-refractivity contribution in [2.45, 2.75) is 53.0 Å². The van der Waals surface area contributed by atoms with Crippen molar-refractivity contribution < 1.29 is 0 Å². The van der Waals surface area contributed by atoms with E-state index in [1.54, 1.807) is 0 Å². The van der Waals surface area contributed by atoms with Crippen molar-refractivity contribution in [3.05, 3.63) is 36.2 Å². The molecule has 0 fully saturated rings. The summed E-state index contributed by atoms with van der Waals surface area (Å²) in [5.41, 5.74) is 3.73.